The number of hydrogen-bond acceptors (Lipinski definition) is 6. The van der Waals surface area contributed by atoms with Crippen molar-refractivity contribution in [1.29, 1.82) is 0 Å². The summed E-state index contributed by atoms with van der Waals surface area (Å²) in [6.45, 7) is 4.47. The maximum Gasteiger partial charge on any atom is 0.256 e. The van der Waals surface area contributed by atoms with Crippen molar-refractivity contribution < 1.29 is 5.11 Å². The van der Waals surface area contributed by atoms with Crippen LogP contribution < -0.4 is 5.56 Å². The molecule has 2 aromatic rings. The molecule has 0 aromatic carbocycles. The molecule has 22 heavy (non-hydrogen) atoms. The van der Waals surface area contributed by atoms with Crippen LogP contribution in [0.3, 0.4) is 0 Å². The van der Waals surface area contributed by atoms with E-state index in [2.05, 4.69) is 14.9 Å². The van der Waals surface area contributed by atoms with Gasteiger partial charge in [0.05, 0.1) is 24.1 Å². The van der Waals surface area contributed by atoms with E-state index in [9.17, 15) is 9.90 Å². The predicted octanol–water partition coefficient (Wildman–Crippen LogP) is 2.22. The summed E-state index contributed by atoms with van der Waals surface area (Å²) in [5.41, 5.74) is 2.37. The maximum atomic E-state index is 12.1. The number of hydrogen-bond donors (Lipinski definition) is 1. The zero-order valence-electron chi connectivity index (χ0n) is 12.3. The quantitative estimate of drug-likeness (QED) is 0.936. The van der Waals surface area contributed by atoms with Crippen LogP contribution in [0.25, 0.3) is 0 Å². The molecule has 0 amide bonds. The smallest absolute Gasteiger partial charge is 0.256 e. The molecule has 114 valence electrons. The second kappa shape index (κ2) is 5.84. The van der Waals surface area contributed by atoms with Crippen LogP contribution in [0.1, 0.15) is 23.8 Å². The first-order chi connectivity index (χ1) is 10.5. The van der Waals surface area contributed by atoms with Crippen molar-refractivity contribution in [3.8, 4) is 5.75 Å². The predicted molar refractivity (Wildman–Crippen MR) is 85.1 cm³/mol. The molecule has 3 heterocycles. The standard InChI is InChI=1S/C15H16N4O2S/c1-10-6-17-12(7-16-10)8-19-11(2)9-22-15(19)18-4-3-13(20)5-14(18)21/h3-7,9,15,20H,8H2,1-2H3. The Morgan fingerprint density at radius 2 is 2.14 bits per heavy atom. The number of pyridine rings is 1. The van der Waals surface area contributed by atoms with E-state index in [0.29, 0.717) is 6.54 Å². The van der Waals surface area contributed by atoms with E-state index in [0.717, 1.165) is 17.1 Å². The van der Waals surface area contributed by atoms with Crippen molar-refractivity contribution in [2.45, 2.75) is 25.9 Å². The molecule has 0 bridgehead atoms. The normalized spacial score (nSPS) is 17.6. The molecule has 0 saturated carbocycles. The molecule has 0 fully saturated rings. The van der Waals surface area contributed by atoms with Crippen molar-refractivity contribution in [3.05, 3.63) is 63.6 Å². The van der Waals surface area contributed by atoms with E-state index >= 15 is 0 Å². The van der Waals surface area contributed by atoms with Gasteiger partial charge in [-0.3, -0.25) is 19.3 Å². The van der Waals surface area contributed by atoms with E-state index in [1.165, 1.54) is 12.1 Å². The average Bonchev–Trinajstić information content (AvgIpc) is 2.83. The lowest BCUT2D eigenvalue weighted by atomic mass is 10.3. The lowest BCUT2D eigenvalue weighted by Crippen LogP contribution is -2.32. The molecular weight excluding hydrogens is 300 g/mol. The van der Waals surface area contributed by atoms with Gasteiger partial charge in [-0.1, -0.05) is 11.8 Å². The molecule has 0 saturated heterocycles. The highest BCUT2D eigenvalue weighted by molar-refractivity contribution is 8.02. The van der Waals surface area contributed by atoms with Gasteiger partial charge in [-0.25, -0.2) is 0 Å². The Balaban J connectivity index is 1.88. The number of allylic oxidation sites excluding steroid dienone is 1. The van der Waals surface area contributed by atoms with Gasteiger partial charge >= 0.3 is 0 Å². The zero-order chi connectivity index (χ0) is 15.7. The second-order valence-electron chi connectivity index (χ2n) is 5.13. The number of aryl methyl sites for hydroxylation is 1. The van der Waals surface area contributed by atoms with E-state index in [1.54, 1.807) is 34.9 Å². The molecule has 1 aliphatic rings. The first-order valence-electron chi connectivity index (χ1n) is 6.82. The van der Waals surface area contributed by atoms with Crippen LogP contribution in [0.5, 0.6) is 5.75 Å². The lowest BCUT2D eigenvalue weighted by Gasteiger charge is -2.28. The van der Waals surface area contributed by atoms with E-state index in [-0.39, 0.29) is 16.8 Å². The first-order valence-corrected chi connectivity index (χ1v) is 7.76. The molecule has 7 heteroatoms. The highest BCUT2D eigenvalue weighted by atomic mass is 32.2. The molecule has 0 spiro atoms. The summed E-state index contributed by atoms with van der Waals surface area (Å²) in [7, 11) is 0. The third-order valence-corrected chi connectivity index (χ3v) is 4.62. The number of rotatable bonds is 3. The van der Waals surface area contributed by atoms with Crippen LogP contribution in [0, 0.1) is 6.92 Å². The number of nitrogens with zero attached hydrogens (tertiary/aromatic N) is 4. The molecule has 1 N–H and O–H groups in total. The lowest BCUT2D eigenvalue weighted by molar-refractivity contribution is 0.260. The van der Waals surface area contributed by atoms with E-state index in [4.69, 9.17) is 0 Å². The number of thioether (sulfide) groups is 1. The fourth-order valence-electron chi connectivity index (χ4n) is 2.23. The molecule has 1 aliphatic heterocycles. The van der Waals surface area contributed by atoms with Crippen molar-refractivity contribution in [2.24, 2.45) is 0 Å². The van der Waals surface area contributed by atoms with Gasteiger partial charge in [0.1, 0.15) is 5.75 Å². The molecule has 0 aliphatic carbocycles. The molecule has 1 unspecified atom stereocenters. The van der Waals surface area contributed by atoms with Gasteiger partial charge in [-0.05, 0) is 25.3 Å². The minimum absolute atomic E-state index is 0.0233. The Morgan fingerprint density at radius 1 is 1.32 bits per heavy atom. The van der Waals surface area contributed by atoms with Crippen LogP contribution in [-0.2, 0) is 6.54 Å². The third kappa shape index (κ3) is 2.85. The van der Waals surface area contributed by atoms with Gasteiger partial charge in [-0.2, -0.15) is 0 Å². The highest BCUT2D eigenvalue weighted by Gasteiger charge is 2.27. The largest absolute Gasteiger partial charge is 0.508 e. The van der Waals surface area contributed by atoms with Crippen LogP contribution in [0.4, 0.5) is 0 Å². The minimum Gasteiger partial charge on any atom is -0.508 e. The number of aromatic nitrogens is 3. The second-order valence-corrected chi connectivity index (χ2v) is 6.06. The summed E-state index contributed by atoms with van der Waals surface area (Å²) < 4.78 is 1.60. The summed E-state index contributed by atoms with van der Waals surface area (Å²) >= 11 is 1.55. The van der Waals surface area contributed by atoms with E-state index < -0.39 is 0 Å². The first kappa shape index (κ1) is 14.6. The molecule has 0 radical (unpaired) electrons. The Hall–Kier alpha value is -2.28. The highest BCUT2D eigenvalue weighted by Crippen LogP contribution is 2.38. The average molecular weight is 316 g/mol. The summed E-state index contributed by atoms with van der Waals surface area (Å²) in [6, 6.07) is 2.73. The van der Waals surface area contributed by atoms with Gasteiger partial charge < -0.3 is 10.0 Å². The Bertz CT molecular complexity index is 770. The molecule has 1 atom stereocenters. The maximum absolute atomic E-state index is 12.1. The molecule has 6 nitrogen and oxygen atoms in total. The SMILES string of the molecule is CC1=CSC(n2ccc(O)cc2=O)N1Cc1cnc(C)cn1. The van der Waals surface area contributed by atoms with Gasteiger partial charge in [0.2, 0.25) is 0 Å². The summed E-state index contributed by atoms with van der Waals surface area (Å²) in [5, 5.41) is 11.4. The third-order valence-electron chi connectivity index (χ3n) is 3.42. The fraction of sp³-hybridized carbons (Fsp3) is 0.267. The van der Waals surface area contributed by atoms with Gasteiger partial charge in [0.25, 0.3) is 5.56 Å². The minimum atomic E-state index is -0.236. The molecule has 3 rings (SSSR count). The van der Waals surface area contributed by atoms with Gasteiger partial charge in [-0.15, -0.1) is 0 Å². The van der Waals surface area contributed by atoms with Crippen molar-refractivity contribution in [1.82, 2.24) is 19.4 Å². The van der Waals surface area contributed by atoms with Crippen LogP contribution in [0.15, 0.2) is 46.6 Å². The molecule has 2 aromatic heterocycles. The Kier molecular flexibility index (Phi) is 3.89. The molecular formula is C15H16N4O2S. The van der Waals surface area contributed by atoms with Crippen LogP contribution in [-0.4, -0.2) is 24.5 Å². The van der Waals surface area contributed by atoms with Crippen LogP contribution >= 0.6 is 11.8 Å². The van der Waals surface area contributed by atoms with E-state index in [1.807, 2.05) is 19.3 Å². The monoisotopic (exact) mass is 316 g/mol. The van der Waals surface area contributed by atoms with Crippen LogP contribution in [0.2, 0.25) is 0 Å². The fourth-order valence-corrected chi connectivity index (χ4v) is 3.38. The van der Waals surface area contributed by atoms with Gasteiger partial charge in [0.15, 0.2) is 5.50 Å². The van der Waals surface area contributed by atoms with Crippen molar-refractivity contribution >= 4 is 11.8 Å². The summed E-state index contributed by atoms with van der Waals surface area (Å²) in [5.74, 6) is -0.0233. The summed E-state index contributed by atoms with van der Waals surface area (Å²) in [4.78, 5) is 22.8. The number of aromatic hydroxyl groups is 1. The van der Waals surface area contributed by atoms with Crippen molar-refractivity contribution in [2.75, 3.05) is 0 Å². The Labute approximate surface area is 132 Å². The zero-order valence-corrected chi connectivity index (χ0v) is 13.1. The topological polar surface area (TPSA) is 71.2 Å². The van der Waals surface area contributed by atoms with Gasteiger partial charge in [0, 0.05) is 24.2 Å². The summed E-state index contributed by atoms with van der Waals surface area (Å²) in [6.07, 6.45) is 5.09. The van der Waals surface area contributed by atoms with Crippen molar-refractivity contribution in [3.63, 3.8) is 0 Å². The Morgan fingerprint density at radius 3 is 2.82 bits per heavy atom.